The topological polar surface area (TPSA) is 63.4 Å². The van der Waals surface area contributed by atoms with E-state index in [0.29, 0.717) is 5.69 Å². The molecule has 0 bridgehead atoms. The highest BCUT2D eigenvalue weighted by Crippen LogP contribution is 2.30. The van der Waals surface area contributed by atoms with Crippen molar-refractivity contribution in [2.24, 2.45) is 0 Å². The molecule has 5 heteroatoms. The van der Waals surface area contributed by atoms with Gasteiger partial charge in [-0.2, -0.15) is 4.31 Å². The summed E-state index contributed by atoms with van der Waals surface area (Å²) < 4.78 is 25.5. The molecule has 1 fully saturated rings. The van der Waals surface area contributed by atoms with Crippen LogP contribution in [0.25, 0.3) is 0 Å². The fourth-order valence-electron chi connectivity index (χ4n) is 1.48. The van der Waals surface area contributed by atoms with E-state index in [-0.39, 0.29) is 10.9 Å². The van der Waals surface area contributed by atoms with Crippen LogP contribution < -0.4 is 5.73 Å². The number of sulfonamides is 1. The molecule has 4 nitrogen and oxygen atoms in total. The Balaban J connectivity index is 2.36. The van der Waals surface area contributed by atoms with Gasteiger partial charge in [-0.1, -0.05) is 6.07 Å². The monoisotopic (exact) mass is 226 g/mol. The van der Waals surface area contributed by atoms with Gasteiger partial charge in [0.15, 0.2) is 0 Å². The van der Waals surface area contributed by atoms with E-state index in [2.05, 4.69) is 0 Å². The predicted octanol–water partition coefficient (Wildman–Crippen LogP) is 1.05. The Morgan fingerprint density at radius 1 is 1.40 bits per heavy atom. The average Bonchev–Trinajstić information content (AvgIpc) is 3.00. The lowest BCUT2D eigenvalue weighted by Crippen LogP contribution is -2.28. The van der Waals surface area contributed by atoms with Crippen molar-refractivity contribution in [1.82, 2.24) is 4.31 Å². The molecule has 1 saturated carbocycles. The first-order chi connectivity index (χ1) is 7.01. The maximum Gasteiger partial charge on any atom is 0.243 e. The molecule has 1 aliphatic carbocycles. The Kier molecular flexibility index (Phi) is 2.44. The summed E-state index contributed by atoms with van der Waals surface area (Å²) in [6, 6.07) is 6.58. The minimum Gasteiger partial charge on any atom is -0.399 e. The third-order valence-electron chi connectivity index (χ3n) is 2.60. The number of hydrogen-bond donors (Lipinski definition) is 1. The molecule has 1 aromatic carbocycles. The molecule has 0 aromatic heterocycles. The van der Waals surface area contributed by atoms with Crippen LogP contribution in [0.1, 0.15) is 12.8 Å². The van der Waals surface area contributed by atoms with Gasteiger partial charge in [0.2, 0.25) is 10.0 Å². The zero-order valence-electron chi connectivity index (χ0n) is 8.55. The number of hydrogen-bond acceptors (Lipinski definition) is 3. The standard InChI is InChI=1S/C10H14N2O2S/c1-12(9-5-6-9)15(13,14)10-4-2-3-8(11)7-10/h2-4,7,9H,5-6,11H2,1H3. The molecule has 0 aliphatic heterocycles. The second kappa shape index (κ2) is 3.50. The summed E-state index contributed by atoms with van der Waals surface area (Å²) in [6.07, 6.45) is 1.91. The maximum atomic E-state index is 12.0. The van der Waals surface area contributed by atoms with Crippen LogP contribution in [0.15, 0.2) is 29.2 Å². The van der Waals surface area contributed by atoms with Gasteiger partial charge in [0.05, 0.1) is 4.90 Å². The first kappa shape index (κ1) is 10.4. The van der Waals surface area contributed by atoms with Gasteiger partial charge in [-0.3, -0.25) is 0 Å². The summed E-state index contributed by atoms with van der Waals surface area (Å²) in [6.45, 7) is 0. The van der Waals surface area contributed by atoms with E-state index in [4.69, 9.17) is 5.73 Å². The summed E-state index contributed by atoms with van der Waals surface area (Å²) in [5.41, 5.74) is 6.04. The first-order valence-corrected chi connectivity index (χ1v) is 6.29. The van der Waals surface area contributed by atoms with Crippen LogP contribution in [0.3, 0.4) is 0 Å². The van der Waals surface area contributed by atoms with Crippen LogP contribution in [-0.2, 0) is 10.0 Å². The van der Waals surface area contributed by atoms with E-state index < -0.39 is 10.0 Å². The van der Waals surface area contributed by atoms with Crippen molar-refractivity contribution in [3.8, 4) is 0 Å². The SMILES string of the molecule is CN(C1CC1)S(=O)(=O)c1cccc(N)c1. The van der Waals surface area contributed by atoms with E-state index in [1.807, 2.05) is 0 Å². The van der Waals surface area contributed by atoms with Gasteiger partial charge < -0.3 is 5.73 Å². The van der Waals surface area contributed by atoms with Crippen molar-refractivity contribution >= 4 is 15.7 Å². The Labute approximate surface area is 89.7 Å². The molecule has 1 aromatic rings. The Bertz CT molecular complexity index is 466. The minimum atomic E-state index is -3.34. The Morgan fingerprint density at radius 2 is 2.07 bits per heavy atom. The lowest BCUT2D eigenvalue weighted by molar-refractivity contribution is 0.464. The number of benzene rings is 1. The quantitative estimate of drug-likeness (QED) is 0.784. The van der Waals surface area contributed by atoms with Gasteiger partial charge in [0.25, 0.3) is 0 Å². The van der Waals surface area contributed by atoms with Gasteiger partial charge >= 0.3 is 0 Å². The Hall–Kier alpha value is -1.07. The summed E-state index contributed by atoms with van der Waals surface area (Å²) in [5.74, 6) is 0. The van der Waals surface area contributed by atoms with E-state index >= 15 is 0 Å². The molecular formula is C10H14N2O2S. The number of nitrogen functional groups attached to an aromatic ring is 1. The van der Waals surface area contributed by atoms with Crippen LogP contribution in [0.2, 0.25) is 0 Å². The van der Waals surface area contributed by atoms with Gasteiger partial charge in [-0.05, 0) is 31.0 Å². The van der Waals surface area contributed by atoms with Crippen molar-refractivity contribution in [3.05, 3.63) is 24.3 Å². The second-order valence-electron chi connectivity index (χ2n) is 3.82. The van der Waals surface area contributed by atoms with E-state index in [9.17, 15) is 8.42 Å². The van der Waals surface area contributed by atoms with E-state index in [1.165, 1.54) is 10.4 Å². The smallest absolute Gasteiger partial charge is 0.243 e. The highest BCUT2D eigenvalue weighted by Gasteiger charge is 2.34. The summed E-state index contributed by atoms with van der Waals surface area (Å²) in [7, 11) is -1.72. The fraction of sp³-hybridized carbons (Fsp3) is 0.400. The molecule has 0 unspecified atom stereocenters. The molecule has 0 saturated heterocycles. The fourth-order valence-corrected chi connectivity index (χ4v) is 2.95. The number of anilines is 1. The van der Waals surface area contributed by atoms with Crippen LogP contribution in [-0.4, -0.2) is 25.8 Å². The molecule has 2 N–H and O–H groups in total. The molecule has 0 spiro atoms. The maximum absolute atomic E-state index is 12.0. The van der Waals surface area contributed by atoms with Crippen molar-refractivity contribution in [1.29, 1.82) is 0 Å². The summed E-state index contributed by atoms with van der Waals surface area (Å²) >= 11 is 0. The molecule has 1 aliphatic rings. The number of nitrogens with zero attached hydrogens (tertiary/aromatic N) is 1. The minimum absolute atomic E-state index is 0.177. The number of rotatable bonds is 3. The second-order valence-corrected chi connectivity index (χ2v) is 5.82. The Morgan fingerprint density at radius 3 is 2.60 bits per heavy atom. The molecule has 0 heterocycles. The highest BCUT2D eigenvalue weighted by atomic mass is 32.2. The molecule has 15 heavy (non-hydrogen) atoms. The van der Waals surface area contributed by atoms with Crippen molar-refractivity contribution in [2.45, 2.75) is 23.8 Å². The summed E-state index contributed by atoms with van der Waals surface area (Å²) in [5, 5.41) is 0. The average molecular weight is 226 g/mol. The molecule has 0 amide bonds. The van der Waals surface area contributed by atoms with Gasteiger partial charge in [-0.25, -0.2) is 8.42 Å². The zero-order chi connectivity index (χ0) is 11.1. The van der Waals surface area contributed by atoms with Gasteiger partial charge in [0.1, 0.15) is 0 Å². The molecule has 2 rings (SSSR count). The molecule has 82 valence electrons. The van der Waals surface area contributed by atoms with Gasteiger partial charge in [-0.15, -0.1) is 0 Å². The lowest BCUT2D eigenvalue weighted by atomic mass is 10.3. The van der Waals surface area contributed by atoms with Gasteiger partial charge in [0, 0.05) is 18.8 Å². The van der Waals surface area contributed by atoms with Crippen LogP contribution in [0, 0.1) is 0 Å². The summed E-state index contributed by atoms with van der Waals surface area (Å²) in [4.78, 5) is 0.275. The third kappa shape index (κ3) is 1.98. The van der Waals surface area contributed by atoms with Crippen LogP contribution in [0.4, 0.5) is 5.69 Å². The van der Waals surface area contributed by atoms with Crippen molar-refractivity contribution < 1.29 is 8.42 Å². The normalized spacial score (nSPS) is 16.9. The van der Waals surface area contributed by atoms with Crippen molar-refractivity contribution in [2.75, 3.05) is 12.8 Å². The molecule has 0 radical (unpaired) electrons. The van der Waals surface area contributed by atoms with Crippen molar-refractivity contribution in [3.63, 3.8) is 0 Å². The first-order valence-electron chi connectivity index (χ1n) is 4.85. The van der Waals surface area contributed by atoms with E-state index in [0.717, 1.165) is 12.8 Å². The molecular weight excluding hydrogens is 212 g/mol. The predicted molar refractivity (Wildman–Crippen MR) is 58.8 cm³/mol. The number of nitrogens with two attached hydrogens (primary N) is 1. The van der Waals surface area contributed by atoms with Crippen LogP contribution >= 0.6 is 0 Å². The lowest BCUT2D eigenvalue weighted by Gasteiger charge is -2.16. The van der Waals surface area contributed by atoms with E-state index in [1.54, 1.807) is 25.2 Å². The van der Waals surface area contributed by atoms with Crippen LogP contribution in [0.5, 0.6) is 0 Å². The highest BCUT2D eigenvalue weighted by molar-refractivity contribution is 7.89. The zero-order valence-corrected chi connectivity index (χ0v) is 9.37. The largest absolute Gasteiger partial charge is 0.399 e. The third-order valence-corrected chi connectivity index (χ3v) is 4.50. The molecule has 0 atom stereocenters.